The number of methoxy groups -OCH3 is 1. The van der Waals surface area contributed by atoms with Crippen LogP contribution in [0, 0.1) is 0 Å². The van der Waals surface area contributed by atoms with Crippen LogP contribution < -0.4 is 10.5 Å². The van der Waals surface area contributed by atoms with E-state index in [-0.39, 0.29) is 11.5 Å². The number of nitrogens with two attached hydrogens (primary N) is 1. The average molecular weight is 247 g/mol. The number of carbonyl (C=O) groups is 1. The SMILES string of the molecule is COc1ccccc1C(N)C1=C(O)CCCC1=O. The molecule has 0 spiro atoms. The van der Waals surface area contributed by atoms with Crippen LogP contribution in [0.3, 0.4) is 0 Å². The van der Waals surface area contributed by atoms with Crippen LogP contribution in [-0.2, 0) is 4.79 Å². The first-order valence-electron chi connectivity index (χ1n) is 5.99. The number of carbonyl (C=O) groups excluding carboxylic acids is 1. The molecule has 4 nitrogen and oxygen atoms in total. The second kappa shape index (κ2) is 5.23. The van der Waals surface area contributed by atoms with Crippen LogP contribution in [0.25, 0.3) is 0 Å². The summed E-state index contributed by atoms with van der Waals surface area (Å²) in [7, 11) is 1.56. The molecule has 18 heavy (non-hydrogen) atoms. The highest BCUT2D eigenvalue weighted by Crippen LogP contribution is 2.33. The van der Waals surface area contributed by atoms with Crippen LogP contribution in [0.15, 0.2) is 35.6 Å². The summed E-state index contributed by atoms with van der Waals surface area (Å²) in [6, 6.07) is 6.65. The van der Waals surface area contributed by atoms with Crippen molar-refractivity contribution in [2.75, 3.05) is 7.11 Å². The zero-order valence-corrected chi connectivity index (χ0v) is 10.3. The summed E-state index contributed by atoms with van der Waals surface area (Å²) in [6.45, 7) is 0. The fourth-order valence-electron chi connectivity index (χ4n) is 2.28. The zero-order valence-electron chi connectivity index (χ0n) is 10.3. The number of hydrogen-bond acceptors (Lipinski definition) is 4. The molecule has 2 rings (SSSR count). The van der Waals surface area contributed by atoms with E-state index in [4.69, 9.17) is 10.5 Å². The Hall–Kier alpha value is -1.81. The molecule has 0 bridgehead atoms. The van der Waals surface area contributed by atoms with Crippen LogP contribution in [-0.4, -0.2) is 18.0 Å². The van der Waals surface area contributed by atoms with Gasteiger partial charge in [-0.15, -0.1) is 0 Å². The van der Waals surface area contributed by atoms with Gasteiger partial charge in [-0.25, -0.2) is 0 Å². The molecule has 1 aromatic rings. The third-order valence-corrected chi connectivity index (χ3v) is 3.21. The van der Waals surface area contributed by atoms with Gasteiger partial charge in [0.2, 0.25) is 0 Å². The molecule has 0 radical (unpaired) electrons. The van der Waals surface area contributed by atoms with Crippen molar-refractivity contribution in [3.05, 3.63) is 41.2 Å². The van der Waals surface area contributed by atoms with Crippen molar-refractivity contribution >= 4 is 5.78 Å². The van der Waals surface area contributed by atoms with E-state index in [0.717, 1.165) is 5.56 Å². The van der Waals surface area contributed by atoms with Crippen molar-refractivity contribution in [1.29, 1.82) is 0 Å². The van der Waals surface area contributed by atoms with Crippen LogP contribution >= 0.6 is 0 Å². The number of Topliss-reactive ketones (excluding diaryl/α,β-unsaturated/α-hetero) is 1. The lowest BCUT2D eigenvalue weighted by Gasteiger charge is -2.22. The number of benzene rings is 1. The summed E-state index contributed by atoms with van der Waals surface area (Å²) < 4.78 is 5.23. The Morgan fingerprint density at radius 1 is 1.33 bits per heavy atom. The second-order valence-corrected chi connectivity index (χ2v) is 4.36. The van der Waals surface area contributed by atoms with E-state index in [2.05, 4.69) is 0 Å². The van der Waals surface area contributed by atoms with Gasteiger partial charge in [0.1, 0.15) is 11.5 Å². The van der Waals surface area contributed by atoms with E-state index in [9.17, 15) is 9.90 Å². The highest BCUT2D eigenvalue weighted by Gasteiger charge is 2.27. The van der Waals surface area contributed by atoms with Gasteiger partial charge in [-0.3, -0.25) is 4.79 Å². The number of rotatable bonds is 3. The van der Waals surface area contributed by atoms with Crippen molar-refractivity contribution in [3.8, 4) is 5.75 Å². The minimum atomic E-state index is -0.631. The third kappa shape index (κ3) is 2.24. The lowest BCUT2D eigenvalue weighted by Crippen LogP contribution is -2.24. The summed E-state index contributed by atoms with van der Waals surface area (Å²) in [5, 5.41) is 9.87. The maximum absolute atomic E-state index is 11.9. The maximum atomic E-state index is 11.9. The fraction of sp³-hybridized carbons (Fsp3) is 0.357. The molecule has 0 amide bonds. The number of allylic oxidation sites excluding steroid dienone is 1. The van der Waals surface area contributed by atoms with E-state index in [1.54, 1.807) is 13.2 Å². The lowest BCUT2D eigenvalue weighted by atomic mass is 9.88. The third-order valence-electron chi connectivity index (χ3n) is 3.21. The standard InChI is InChI=1S/C14H17NO3/c1-18-12-8-3-2-5-9(12)14(15)13-10(16)6-4-7-11(13)17/h2-3,5,8,14,16H,4,6-7,15H2,1H3. The molecule has 0 aromatic heterocycles. The molecule has 1 atom stereocenters. The van der Waals surface area contributed by atoms with Crippen molar-refractivity contribution in [3.63, 3.8) is 0 Å². The number of hydrogen-bond donors (Lipinski definition) is 2. The number of aliphatic hydroxyl groups is 1. The Balaban J connectivity index is 2.41. The topological polar surface area (TPSA) is 72.6 Å². The molecular weight excluding hydrogens is 230 g/mol. The van der Waals surface area contributed by atoms with Gasteiger partial charge in [-0.05, 0) is 12.5 Å². The largest absolute Gasteiger partial charge is 0.512 e. The molecule has 3 N–H and O–H groups in total. The summed E-state index contributed by atoms with van der Waals surface area (Å²) in [4.78, 5) is 11.9. The van der Waals surface area contributed by atoms with Gasteiger partial charge < -0.3 is 15.6 Å². The minimum absolute atomic E-state index is 0.0721. The first kappa shape index (κ1) is 12.6. The Morgan fingerprint density at radius 3 is 2.72 bits per heavy atom. The Morgan fingerprint density at radius 2 is 2.06 bits per heavy atom. The molecule has 1 aromatic carbocycles. The van der Waals surface area contributed by atoms with E-state index >= 15 is 0 Å². The van der Waals surface area contributed by atoms with E-state index in [1.165, 1.54) is 0 Å². The molecular formula is C14H17NO3. The Labute approximate surface area is 106 Å². The summed E-state index contributed by atoms with van der Waals surface area (Å²) in [6.07, 6.45) is 1.65. The highest BCUT2D eigenvalue weighted by atomic mass is 16.5. The minimum Gasteiger partial charge on any atom is -0.512 e. The molecule has 0 heterocycles. The molecule has 0 saturated carbocycles. The van der Waals surface area contributed by atoms with Gasteiger partial charge in [0.25, 0.3) is 0 Å². The average Bonchev–Trinajstić information content (AvgIpc) is 2.38. The predicted octanol–water partition coefficient (Wildman–Crippen LogP) is 2.26. The van der Waals surface area contributed by atoms with Crippen molar-refractivity contribution in [1.82, 2.24) is 0 Å². The molecule has 0 aliphatic heterocycles. The molecule has 1 aliphatic carbocycles. The Bertz CT molecular complexity index is 494. The van der Waals surface area contributed by atoms with Crippen molar-refractivity contribution in [2.24, 2.45) is 5.73 Å². The molecule has 0 fully saturated rings. The van der Waals surface area contributed by atoms with Gasteiger partial charge >= 0.3 is 0 Å². The predicted molar refractivity (Wildman–Crippen MR) is 68.4 cm³/mol. The highest BCUT2D eigenvalue weighted by molar-refractivity contribution is 5.98. The van der Waals surface area contributed by atoms with Crippen LogP contribution in [0.4, 0.5) is 0 Å². The second-order valence-electron chi connectivity index (χ2n) is 4.36. The maximum Gasteiger partial charge on any atom is 0.164 e. The number of ether oxygens (including phenoxy) is 1. The van der Waals surface area contributed by atoms with Crippen LogP contribution in [0.5, 0.6) is 5.75 Å². The van der Waals surface area contributed by atoms with Crippen LogP contribution in [0.2, 0.25) is 0 Å². The van der Waals surface area contributed by atoms with Gasteiger partial charge in [0.15, 0.2) is 5.78 Å². The smallest absolute Gasteiger partial charge is 0.164 e. The van der Waals surface area contributed by atoms with Gasteiger partial charge in [-0.1, -0.05) is 18.2 Å². The first-order chi connectivity index (χ1) is 8.65. The zero-order chi connectivity index (χ0) is 13.1. The molecule has 4 heteroatoms. The van der Waals surface area contributed by atoms with Gasteiger partial charge in [0, 0.05) is 18.4 Å². The number of para-hydroxylation sites is 1. The van der Waals surface area contributed by atoms with Crippen molar-refractivity contribution in [2.45, 2.75) is 25.3 Å². The Kier molecular flexibility index (Phi) is 3.67. The van der Waals surface area contributed by atoms with E-state index in [0.29, 0.717) is 30.6 Å². The van der Waals surface area contributed by atoms with Gasteiger partial charge in [0.05, 0.1) is 18.7 Å². The number of aliphatic hydroxyl groups excluding tert-OH is 1. The first-order valence-corrected chi connectivity index (χ1v) is 5.99. The normalized spacial score (nSPS) is 17.8. The monoisotopic (exact) mass is 247 g/mol. The fourth-order valence-corrected chi connectivity index (χ4v) is 2.28. The van der Waals surface area contributed by atoms with Crippen LogP contribution in [0.1, 0.15) is 30.9 Å². The lowest BCUT2D eigenvalue weighted by molar-refractivity contribution is -0.116. The summed E-state index contributed by atoms with van der Waals surface area (Å²) >= 11 is 0. The van der Waals surface area contributed by atoms with E-state index < -0.39 is 6.04 Å². The molecule has 0 saturated heterocycles. The summed E-state index contributed by atoms with van der Waals surface area (Å²) in [5.41, 5.74) is 7.15. The molecule has 1 unspecified atom stereocenters. The van der Waals surface area contributed by atoms with Crippen molar-refractivity contribution < 1.29 is 14.6 Å². The number of ketones is 1. The summed E-state index contributed by atoms with van der Waals surface area (Å²) in [5.74, 6) is 0.672. The van der Waals surface area contributed by atoms with E-state index in [1.807, 2.05) is 18.2 Å². The van der Waals surface area contributed by atoms with Gasteiger partial charge in [-0.2, -0.15) is 0 Å². The quantitative estimate of drug-likeness (QED) is 0.859. The molecule has 96 valence electrons. The molecule has 1 aliphatic rings.